The van der Waals surface area contributed by atoms with Gasteiger partial charge in [0.25, 0.3) is 0 Å². The number of halogens is 1. The van der Waals surface area contributed by atoms with Crippen molar-refractivity contribution >= 4 is 5.69 Å². The third-order valence-corrected chi connectivity index (χ3v) is 3.01. The molecule has 1 aromatic rings. The molecule has 16 heavy (non-hydrogen) atoms. The van der Waals surface area contributed by atoms with Crippen LogP contribution in [0.4, 0.5) is 10.1 Å². The molecule has 0 aliphatic carbocycles. The molecule has 1 aliphatic rings. The highest BCUT2D eigenvalue weighted by Gasteiger charge is 2.14. The Labute approximate surface area is 95.8 Å². The summed E-state index contributed by atoms with van der Waals surface area (Å²) in [5.74, 6) is -0.190. The number of hydrogen-bond donors (Lipinski definition) is 1. The summed E-state index contributed by atoms with van der Waals surface area (Å²) in [6.07, 6.45) is 3.71. The minimum atomic E-state index is -0.190. The molecule has 88 valence electrons. The Morgan fingerprint density at radius 3 is 3.12 bits per heavy atom. The molecule has 1 saturated heterocycles. The highest BCUT2D eigenvalue weighted by atomic mass is 19.1. The van der Waals surface area contributed by atoms with Crippen molar-refractivity contribution in [2.24, 2.45) is 0 Å². The van der Waals surface area contributed by atoms with Gasteiger partial charge in [0.2, 0.25) is 0 Å². The smallest absolute Gasteiger partial charge is 0.125 e. The number of benzene rings is 1. The molecule has 0 aromatic heterocycles. The summed E-state index contributed by atoms with van der Waals surface area (Å²) in [6.45, 7) is 3.71. The van der Waals surface area contributed by atoms with Gasteiger partial charge in [-0.3, -0.25) is 0 Å². The van der Waals surface area contributed by atoms with Gasteiger partial charge in [-0.25, -0.2) is 4.39 Å². The van der Waals surface area contributed by atoms with E-state index in [1.807, 2.05) is 6.92 Å². The first-order valence-corrected chi connectivity index (χ1v) is 5.87. The van der Waals surface area contributed by atoms with Gasteiger partial charge in [-0.05, 0) is 43.9 Å². The molecule has 1 fully saturated rings. The average Bonchev–Trinajstić information content (AvgIpc) is 2.76. The second-order valence-electron chi connectivity index (χ2n) is 4.31. The van der Waals surface area contributed by atoms with Crippen LogP contribution in [-0.4, -0.2) is 19.3 Å². The van der Waals surface area contributed by atoms with Crippen LogP contribution in [0, 0.1) is 12.7 Å². The zero-order valence-electron chi connectivity index (χ0n) is 9.63. The van der Waals surface area contributed by atoms with Crippen LogP contribution < -0.4 is 5.32 Å². The van der Waals surface area contributed by atoms with Gasteiger partial charge in [0, 0.05) is 18.8 Å². The van der Waals surface area contributed by atoms with Gasteiger partial charge in [-0.1, -0.05) is 6.07 Å². The zero-order chi connectivity index (χ0) is 11.4. The van der Waals surface area contributed by atoms with Crippen molar-refractivity contribution in [3.8, 4) is 0 Å². The van der Waals surface area contributed by atoms with E-state index in [1.54, 1.807) is 12.1 Å². The van der Waals surface area contributed by atoms with Crippen LogP contribution in [-0.2, 0) is 4.74 Å². The summed E-state index contributed by atoms with van der Waals surface area (Å²) in [4.78, 5) is 0. The summed E-state index contributed by atoms with van der Waals surface area (Å²) >= 11 is 0. The fourth-order valence-corrected chi connectivity index (χ4v) is 2.02. The molecule has 0 spiro atoms. The number of nitrogens with one attached hydrogen (secondary N) is 1. The van der Waals surface area contributed by atoms with Crippen LogP contribution in [0.25, 0.3) is 0 Å². The molecule has 0 amide bonds. The SMILES string of the molecule is Cc1ccc(F)cc1NCCC1CCCO1. The van der Waals surface area contributed by atoms with Crippen molar-refractivity contribution < 1.29 is 9.13 Å². The lowest BCUT2D eigenvalue weighted by Gasteiger charge is -2.12. The zero-order valence-corrected chi connectivity index (χ0v) is 9.63. The van der Waals surface area contributed by atoms with Crippen molar-refractivity contribution in [1.29, 1.82) is 0 Å². The maximum Gasteiger partial charge on any atom is 0.125 e. The van der Waals surface area contributed by atoms with Crippen LogP contribution >= 0.6 is 0 Å². The van der Waals surface area contributed by atoms with Gasteiger partial charge in [-0.15, -0.1) is 0 Å². The minimum Gasteiger partial charge on any atom is -0.385 e. The van der Waals surface area contributed by atoms with E-state index in [1.165, 1.54) is 12.5 Å². The van der Waals surface area contributed by atoms with E-state index >= 15 is 0 Å². The van der Waals surface area contributed by atoms with E-state index in [2.05, 4.69) is 5.32 Å². The van der Waals surface area contributed by atoms with Crippen molar-refractivity contribution in [2.75, 3.05) is 18.5 Å². The Kier molecular flexibility index (Phi) is 3.78. The molecule has 0 bridgehead atoms. The predicted molar refractivity (Wildman–Crippen MR) is 63.2 cm³/mol. The molecule has 1 heterocycles. The maximum atomic E-state index is 13.0. The van der Waals surface area contributed by atoms with Gasteiger partial charge in [0.1, 0.15) is 5.82 Å². The molecule has 0 radical (unpaired) electrons. The molecule has 1 unspecified atom stereocenters. The summed E-state index contributed by atoms with van der Waals surface area (Å²) < 4.78 is 18.5. The third-order valence-electron chi connectivity index (χ3n) is 3.01. The van der Waals surface area contributed by atoms with E-state index in [-0.39, 0.29) is 5.82 Å². The average molecular weight is 223 g/mol. The molecule has 3 heteroatoms. The van der Waals surface area contributed by atoms with Gasteiger partial charge >= 0.3 is 0 Å². The number of hydrogen-bond acceptors (Lipinski definition) is 2. The Morgan fingerprint density at radius 1 is 1.50 bits per heavy atom. The Morgan fingerprint density at radius 2 is 2.38 bits per heavy atom. The molecule has 1 atom stereocenters. The van der Waals surface area contributed by atoms with Crippen molar-refractivity contribution in [1.82, 2.24) is 0 Å². The predicted octanol–water partition coefficient (Wildman–Crippen LogP) is 3.12. The van der Waals surface area contributed by atoms with Crippen molar-refractivity contribution in [2.45, 2.75) is 32.3 Å². The second kappa shape index (κ2) is 5.30. The standard InChI is InChI=1S/C13H18FNO/c1-10-4-5-11(14)9-13(10)15-7-6-12-3-2-8-16-12/h4-5,9,12,15H,2-3,6-8H2,1H3. The molecule has 1 N–H and O–H groups in total. The topological polar surface area (TPSA) is 21.3 Å². The fourth-order valence-electron chi connectivity index (χ4n) is 2.02. The molecular weight excluding hydrogens is 205 g/mol. The van der Waals surface area contributed by atoms with E-state index < -0.39 is 0 Å². The first kappa shape index (κ1) is 11.4. The molecule has 1 aromatic carbocycles. The maximum absolute atomic E-state index is 13.0. The highest BCUT2D eigenvalue weighted by molar-refractivity contribution is 5.50. The van der Waals surface area contributed by atoms with Crippen LogP contribution in [0.1, 0.15) is 24.8 Å². The second-order valence-corrected chi connectivity index (χ2v) is 4.31. The van der Waals surface area contributed by atoms with E-state index in [4.69, 9.17) is 4.74 Å². The first-order chi connectivity index (χ1) is 7.75. The van der Waals surface area contributed by atoms with Crippen LogP contribution in [0.5, 0.6) is 0 Å². The van der Waals surface area contributed by atoms with Gasteiger partial charge in [0.15, 0.2) is 0 Å². The summed E-state index contributed by atoms with van der Waals surface area (Å²) in [7, 11) is 0. The number of anilines is 1. The Balaban J connectivity index is 1.82. The highest BCUT2D eigenvalue weighted by Crippen LogP contribution is 2.18. The van der Waals surface area contributed by atoms with Crippen LogP contribution in [0.3, 0.4) is 0 Å². The molecule has 2 rings (SSSR count). The number of aryl methyl sites for hydroxylation is 1. The Bertz CT molecular complexity index is 348. The van der Waals surface area contributed by atoms with Crippen LogP contribution in [0.15, 0.2) is 18.2 Å². The summed E-state index contributed by atoms with van der Waals surface area (Å²) in [5, 5.41) is 3.26. The molecule has 0 saturated carbocycles. The molecule has 2 nitrogen and oxygen atoms in total. The van der Waals surface area contributed by atoms with Gasteiger partial charge in [0.05, 0.1) is 6.10 Å². The van der Waals surface area contributed by atoms with Gasteiger partial charge in [-0.2, -0.15) is 0 Å². The lowest BCUT2D eigenvalue weighted by atomic mass is 10.1. The number of ether oxygens (including phenoxy) is 1. The molecular formula is C13H18FNO. The van der Waals surface area contributed by atoms with E-state index in [9.17, 15) is 4.39 Å². The van der Waals surface area contributed by atoms with Gasteiger partial charge < -0.3 is 10.1 Å². The van der Waals surface area contributed by atoms with Crippen LogP contribution in [0.2, 0.25) is 0 Å². The minimum absolute atomic E-state index is 0.190. The lowest BCUT2D eigenvalue weighted by Crippen LogP contribution is -2.13. The fraction of sp³-hybridized carbons (Fsp3) is 0.538. The quantitative estimate of drug-likeness (QED) is 0.846. The third kappa shape index (κ3) is 2.95. The van der Waals surface area contributed by atoms with E-state index in [0.29, 0.717) is 6.10 Å². The van der Waals surface area contributed by atoms with Crippen molar-refractivity contribution in [3.05, 3.63) is 29.6 Å². The van der Waals surface area contributed by atoms with E-state index in [0.717, 1.165) is 37.2 Å². The molecule has 1 aliphatic heterocycles. The monoisotopic (exact) mass is 223 g/mol. The summed E-state index contributed by atoms with van der Waals surface area (Å²) in [5.41, 5.74) is 1.96. The lowest BCUT2D eigenvalue weighted by molar-refractivity contribution is 0.107. The largest absolute Gasteiger partial charge is 0.385 e. The number of rotatable bonds is 4. The van der Waals surface area contributed by atoms with Crippen molar-refractivity contribution in [3.63, 3.8) is 0 Å². The Hall–Kier alpha value is -1.09. The first-order valence-electron chi connectivity index (χ1n) is 5.87. The summed E-state index contributed by atoms with van der Waals surface area (Å²) in [6, 6.07) is 4.83. The normalized spacial score (nSPS) is 20.0.